The van der Waals surface area contributed by atoms with Crippen molar-refractivity contribution in [2.75, 3.05) is 5.32 Å². The number of aliphatic hydroxyl groups excluding tert-OH is 1. The molecular formula is C21H21NO4. The molecule has 134 valence electrons. The minimum absolute atomic E-state index is 0.0498. The van der Waals surface area contributed by atoms with Gasteiger partial charge in [0.15, 0.2) is 0 Å². The molecule has 0 atom stereocenters. The molecule has 3 aromatic rings. The summed E-state index contributed by atoms with van der Waals surface area (Å²) in [5.41, 5.74) is 2.09. The van der Waals surface area contributed by atoms with Crippen LogP contribution in [0.3, 0.4) is 0 Å². The summed E-state index contributed by atoms with van der Waals surface area (Å²) >= 11 is 0. The summed E-state index contributed by atoms with van der Waals surface area (Å²) in [6, 6.07) is 18.0. The number of carbonyl (C=O) groups excluding carboxylic acids is 1. The number of anilines is 1. The van der Waals surface area contributed by atoms with Crippen molar-refractivity contribution < 1.29 is 19.1 Å². The van der Waals surface area contributed by atoms with E-state index < -0.39 is 0 Å². The quantitative estimate of drug-likeness (QED) is 0.687. The largest absolute Gasteiger partial charge is 0.491 e. The molecular weight excluding hydrogens is 330 g/mol. The summed E-state index contributed by atoms with van der Waals surface area (Å²) in [6.45, 7) is 3.75. The van der Waals surface area contributed by atoms with Gasteiger partial charge >= 0.3 is 0 Å². The van der Waals surface area contributed by atoms with Crippen molar-refractivity contribution in [3.8, 4) is 17.1 Å². The number of carbonyl (C=O) groups is 1. The van der Waals surface area contributed by atoms with Crippen molar-refractivity contribution in [1.82, 2.24) is 0 Å². The van der Waals surface area contributed by atoms with Crippen molar-refractivity contribution in [2.45, 2.75) is 26.6 Å². The van der Waals surface area contributed by atoms with Gasteiger partial charge in [-0.15, -0.1) is 0 Å². The molecule has 0 aliphatic rings. The van der Waals surface area contributed by atoms with E-state index in [1.807, 2.05) is 44.2 Å². The van der Waals surface area contributed by atoms with E-state index in [1.165, 1.54) is 0 Å². The molecule has 1 heterocycles. The average molecular weight is 351 g/mol. The Morgan fingerprint density at radius 1 is 1.12 bits per heavy atom. The lowest BCUT2D eigenvalue weighted by Gasteiger charge is -2.11. The third-order valence-electron chi connectivity index (χ3n) is 3.71. The maximum absolute atomic E-state index is 12.4. The van der Waals surface area contributed by atoms with Crippen molar-refractivity contribution >= 4 is 11.6 Å². The predicted octanol–water partition coefficient (Wildman–Crippen LogP) is 4.48. The SMILES string of the molecule is CC(C)Oc1cccc(C(=O)Nc2ccc(-c3ccc(CO)o3)cc2)c1. The maximum Gasteiger partial charge on any atom is 0.255 e. The Balaban J connectivity index is 1.69. The maximum atomic E-state index is 12.4. The van der Waals surface area contributed by atoms with Gasteiger partial charge in [0, 0.05) is 16.8 Å². The molecule has 26 heavy (non-hydrogen) atoms. The Bertz CT molecular complexity index is 881. The zero-order valence-corrected chi connectivity index (χ0v) is 14.7. The van der Waals surface area contributed by atoms with Crippen LogP contribution in [0.15, 0.2) is 65.1 Å². The smallest absolute Gasteiger partial charge is 0.255 e. The van der Waals surface area contributed by atoms with Gasteiger partial charge in [-0.1, -0.05) is 6.07 Å². The fraction of sp³-hybridized carbons (Fsp3) is 0.190. The molecule has 5 heteroatoms. The summed E-state index contributed by atoms with van der Waals surface area (Å²) < 4.78 is 11.1. The van der Waals surface area contributed by atoms with Crippen molar-refractivity contribution in [1.29, 1.82) is 0 Å². The molecule has 0 unspecified atom stereocenters. The van der Waals surface area contributed by atoms with Crippen LogP contribution in [0.2, 0.25) is 0 Å². The predicted molar refractivity (Wildman–Crippen MR) is 100 cm³/mol. The monoisotopic (exact) mass is 351 g/mol. The first-order chi connectivity index (χ1) is 12.5. The van der Waals surface area contributed by atoms with E-state index in [-0.39, 0.29) is 18.6 Å². The number of aliphatic hydroxyl groups is 1. The Kier molecular flexibility index (Phi) is 5.39. The summed E-state index contributed by atoms with van der Waals surface area (Å²) in [4.78, 5) is 12.4. The second-order valence-electron chi connectivity index (χ2n) is 6.15. The van der Waals surface area contributed by atoms with Crippen molar-refractivity contribution in [3.05, 3.63) is 72.0 Å². The molecule has 5 nitrogen and oxygen atoms in total. The van der Waals surface area contributed by atoms with Gasteiger partial charge in [-0.3, -0.25) is 4.79 Å². The van der Waals surface area contributed by atoms with Gasteiger partial charge < -0.3 is 19.6 Å². The number of furan rings is 1. The number of nitrogens with one attached hydrogen (secondary N) is 1. The van der Waals surface area contributed by atoms with Crippen LogP contribution in [0.4, 0.5) is 5.69 Å². The Hall–Kier alpha value is -3.05. The van der Waals surface area contributed by atoms with Crippen LogP contribution in [0.1, 0.15) is 30.0 Å². The highest BCUT2D eigenvalue weighted by atomic mass is 16.5. The second-order valence-corrected chi connectivity index (χ2v) is 6.15. The third-order valence-corrected chi connectivity index (χ3v) is 3.71. The van der Waals surface area contributed by atoms with Crippen LogP contribution in [0.25, 0.3) is 11.3 Å². The fourth-order valence-corrected chi connectivity index (χ4v) is 2.52. The number of ether oxygens (including phenoxy) is 1. The first-order valence-electron chi connectivity index (χ1n) is 8.43. The fourth-order valence-electron chi connectivity index (χ4n) is 2.52. The van der Waals surface area contributed by atoms with E-state index in [1.54, 1.807) is 30.3 Å². The zero-order chi connectivity index (χ0) is 18.5. The molecule has 0 bridgehead atoms. The van der Waals surface area contributed by atoms with Gasteiger partial charge in [-0.25, -0.2) is 0 Å². The van der Waals surface area contributed by atoms with Crippen LogP contribution >= 0.6 is 0 Å². The minimum Gasteiger partial charge on any atom is -0.491 e. The third kappa shape index (κ3) is 4.32. The van der Waals surface area contributed by atoms with E-state index in [2.05, 4.69) is 5.32 Å². The van der Waals surface area contributed by atoms with E-state index >= 15 is 0 Å². The molecule has 0 aliphatic carbocycles. The van der Waals surface area contributed by atoms with Crippen molar-refractivity contribution in [2.24, 2.45) is 0 Å². The molecule has 0 saturated carbocycles. The van der Waals surface area contributed by atoms with Crippen LogP contribution in [0.5, 0.6) is 5.75 Å². The molecule has 2 N–H and O–H groups in total. The zero-order valence-electron chi connectivity index (χ0n) is 14.7. The summed E-state index contributed by atoms with van der Waals surface area (Å²) in [5.74, 6) is 1.65. The molecule has 0 fully saturated rings. The van der Waals surface area contributed by atoms with E-state index in [9.17, 15) is 4.79 Å². The standard InChI is InChI=1S/C21H21NO4/c1-14(2)25-18-5-3-4-16(12-18)21(24)22-17-8-6-15(7-9-17)20-11-10-19(13-23)26-20/h3-12,14,23H,13H2,1-2H3,(H,22,24). The Morgan fingerprint density at radius 3 is 2.54 bits per heavy atom. The van der Waals surface area contributed by atoms with Gasteiger partial charge in [0.2, 0.25) is 0 Å². The lowest BCUT2D eigenvalue weighted by molar-refractivity contribution is 0.102. The highest BCUT2D eigenvalue weighted by molar-refractivity contribution is 6.04. The first-order valence-corrected chi connectivity index (χ1v) is 8.43. The lowest BCUT2D eigenvalue weighted by Crippen LogP contribution is -2.12. The molecule has 0 spiro atoms. The van der Waals surface area contributed by atoms with E-state index in [0.717, 1.165) is 5.56 Å². The van der Waals surface area contributed by atoms with Gasteiger partial charge in [0.25, 0.3) is 5.91 Å². The topological polar surface area (TPSA) is 71.7 Å². The van der Waals surface area contributed by atoms with Crippen LogP contribution in [-0.2, 0) is 6.61 Å². The first kappa shape index (κ1) is 17.8. The number of benzene rings is 2. The van der Waals surface area contributed by atoms with Gasteiger partial charge in [0.05, 0.1) is 6.10 Å². The van der Waals surface area contributed by atoms with E-state index in [0.29, 0.717) is 28.5 Å². The molecule has 0 aliphatic heterocycles. The number of rotatable bonds is 6. The van der Waals surface area contributed by atoms with E-state index in [4.69, 9.17) is 14.3 Å². The second kappa shape index (κ2) is 7.89. The summed E-state index contributed by atoms with van der Waals surface area (Å²) in [6.07, 6.45) is 0.0498. The average Bonchev–Trinajstić information content (AvgIpc) is 3.11. The minimum atomic E-state index is -0.201. The lowest BCUT2D eigenvalue weighted by atomic mass is 10.1. The van der Waals surface area contributed by atoms with Crippen LogP contribution < -0.4 is 10.1 Å². The summed E-state index contributed by atoms with van der Waals surface area (Å²) in [5, 5.41) is 11.9. The molecule has 2 aromatic carbocycles. The highest BCUT2D eigenvalue weighted by Gasteiger charge is 2.09. The molecule has 0 saturated heterocycles. The number of amides is 1. The van der Waals surface area contributed by atoms with Crippen LogP contribution in [0, 0.1) is 0 Å². The highest BCUT2D eigenvalue weighted by Crippen LogP contribution is 2.24. The normalized spacial score (nSPS) is 10.8. The Morgan fingerprint density at radius 2 is 1.88 bits per heavy atom. The molecule has 3 rings (SSSR count). The number of hydrogen-bond donors (Lipinski definition) is 2. The number of hydrogen-bond acceptors (Lipinski definition) is 4. The Labute approximate surface area is 152 Å². The molecule has 1 amide bonds. The summed E-state index contributed by atoms with van der Waals surface area (Å²) in [7, 11) is 0. The molecule has 0 radical (unpaired) electrons. The van der Waals surface area contributed by atoms with Crippen LogP contribution in [-0.4, -0.2) is 17.1 Å². The van der Waals surface area contributed by atoms with Crippen molar-refractivity contribution in [3.63, 3.8) is 0 Å². The van der Waals surface area contributed by atoms with Gasteiger partial charge in [-0.05, 0) is 68.4 Å². The molecule has 1 aromatic heterocycles. The van der Waals surface area contributed by atoms with Gasteiger partial charge in [0.1, 0.15) is 23.9 Å². The van der Waals surface area contributed by atoms with Gasteiger partial charge in [-0.2, -0.15) is 0 Å².